The number of phenols is 1. The summed E-state index contributed by atoms with van der Waals surface area (Å²) in [5.74, 6) is 0.224. The van der Waals surface area contributed by atoms with Crippen molar-refractivity contribution in [3.8, 4) is 5.75 Å². The molecule has 4 heteroatoms. The Labute approximate surface area is 123 Å². The molecule has 2 N–H and O–H groups in total. The molecule has 0 radical (unpaired) electrons. The number of allylic oxidation sites excluding steroid dienone is 4. The maximum Gasteiger partial charge on any atom is 0.330 e. The summed E-state index contributed by atoms with van der Waals surface area (Å²) in [7, 11) is 0. The van der Waals surface area contributed by atoms with E-state index in [2.05, 4.69) is 0 Å². The fourth-order valence-corrected chi connectivity index (χ4v) is 1.95. The molecule has 21 heavy (non-hydrogen) atoms. The van der Waals surface area contributed by atoms with E-state index in [1.54, 1.807) is 42.5 Å². The van der Waals surface area contributed by atoms with Crippen molar-refractivity contribution in [3.63, 3.8) is 0 Å². The van der Waals surface area contributed by atoms with Crippen LogP contribution in [0.15, 0.2) is 60.4 Å². The number of aromatic hydroxyl groups is 1. The van der Waals surface area contributed by atoms with E-state index in [0.717, 1.165) is 5.56 Å². The highest BCUT2D eigenvalue weighted by Gasteiger charge is 2.05. The molecule has 0 spiro atoms. The summed E-state index contributed by atoms with van der Waals surface area (Å²) in [4.78, 5) is 11.6. The highest BCUT2D eigenvalue weighted by Crippen LogP contribution is 2.16. The second-order valence-corrected chi connectivity index (χ2v) is 4.83. The Morgan fingerprint density at radius 3 is 2.71 bits per heavy atom. The molecule has 1 atom stereocenters. The summed E-state index contributed by atoms with van der Waals surface area (Å²) in [5, 5.41) is 18.3. The van der Waals surface area contributed by atoms with Crippen LogP contribution in [0, 0.1) is 5.92 Å². The van der Waals surface area contributed by atoms with E-state index >= 15 is 0 Å². The molecule has 4 nitrogen and oxygen atoms in total. The monoisotopic (exact) mass is 286 g/mol. The molecule has 1 aromatic rings. The Kier molecular flexibility index (Phi) is 5.21. The van der Waals surface area contributed by atoms with Gasteiger partial charge in [-0.1, -0.05) is 24.3 Å². The summed E-state index contributed by atoms with van der Waals surface area (Å²) in [6, 6.07) is 6.81. The quantitative estimate of drug-likeness (QED) is 0.645. The number of ether oxygens (including phenoxy) is 1. The number of carbonyl (C=O) groups is 1. The van der Waals surface area contributed by atoms with Gasteiger partial charge in [0.05, 0.1) is 6.61 Å². The number of aliphatic hydroxyl groups excluding tert-OH is 1. The van der Waals surface area contributed by atoms with Gasteiger partial charge in [-0.3, -0.25) is 0 Å². The third-order valence-corrected chi connectivity index (χ3v) is 3.16. The maximum absolute atomic E-state index is 11.6. The van der Waals surface area contributed by atoms with Crippen LogP contribution in [0.5, 0.6) is 5.75 Å². The van der Waals surface area contributed by atoms with Crippen LogP contribution in [0.4, 0.5) is 0 Å². The first-order chi connectivity index (χ1) is 10.1. The molecule has 0 amide bonds. The predicted molar refractivity (Wildman–Crippen MR) is 79.9 cm³/mol. The first-order valence-corrected chi connectivity index (χ1v) is 6.83. The van der Waals surface area contributed by atoms with Gasteiger partial charge in [-0.25, -0.2) is 4.79 Å². The minimum absolute atomic E-state index is 0.116. The van der Waals surface area contributed by atoms with Crippen LogP contribution >= 0.6 is 0 Å². The number of hydrogen-bond donors (Lipinski definition) is 2. The van der Waals surface area contributed by atoms with E-state index in [1.165, 1.54) is 6.08 Å². The first-order valence-electron chi connectivity index (χ1n) is 6.83. The summed E-state index contributed by atoms with van der Waals surface area (Å²) in [6.45, 7) is 0.301. The van der Waals surface area contributed by atoms with Gasteiger partial charge in [-0.15, -0.1) is 0 Å². The second kappa shape index (κ2) is 7.33. The van der Waals surface area contributed by atoms with Crippen molar-refractivity contribution in [2.45, 2.75) is 12.8 Å². The normalized spacial score (nSPS) is 17.7. The van der Waals surface area contributed by atoms with Crippen molar-refractivity contribution in [3.05, 3.63) is 66.0 Å². The Balaban J connectivity index is 1.70. The van der Waals surface area contributed by atoms with Gasteiger partial charge in [0.15, 0.2) is 0 Å². The molecule has 1 unspecified atom stereocenters. The third kappa shape index (κ3) is 5.18. The molecule has 1 aliphatic carbocycles. The Bertz CT molecular complexity index is 567. The fraction of sp³-hybridized carbons (Fsp3) is 0.235. The topological polar surface area (TPSA) is 66.8 Å². The molecule has 2 rings (SSSR count). The van der Waals surface area contributed by atoms with E-state index < -0.39 is 0 Å². The van der Waals surface area contributed by atoms with E-state index in [4.69, 9.17) is 9.84 Å². The number of esters is 1. The summed E-state index contributed by atoms with van der Waals surface area (Å²) < 4.78 is 5.11. The van der Waals surface area contributed by atoms with Crippen molar-refractivity contribution < 1.29 is 19.7 Å². The van der Waals surface area contributed by atoms with Crippen LogP contribution in [0.2, 0.25) is 0 Å². The van der Waals surface area contributed by atoms with Gasteiger partial charge in [0.25, 0.3) is 0 Å². The van der Waals surface area contributed by atoms with E-state index in [1.807, 2.05) is 6.08 Å². The van der Waals surface area contributed by atoms with Crippen molar-refractivity contribution in [1.82, 2.24) is 0 Å². The molecule has 0 aromatic heterocycles. The lowest BCUT2D eigenvalue weighted by Gasteiger charge is -2.08. The van der Waals surface area contributed by atoms with Crippen LogP contribution < -0.4 is 0 Å². The molecule has 0 heterocycles. The van der Waals surface area contributed by atoms with Crippen LogP contribution in [0.25, 0.3) is 0 Å². The zero-order chi connectivity index (χ0) is 15.1. The van der Waals surface area contributed by atoms with E-state index in [0.29, 0.717) is 19.4 Å². The third-order valence-electron chi connectivity index (χ3n) is 3.16. The number of phenolic OH excluding ortho intramolecular Hbond substituents is 1. The van der Waals surface area contributed by atoms with Gasteiger partial charge in [-0.05, 0) is 42.2 Å². The van der Waals surface area contributed by atoms with Gasteiger partial charge < -0.3 is 14.9 Å². The number of benzene rings is 1. The van der Waals surface area contributed by atoms with Gasteiger partial charge in [0.2, 0.25) is 0 Å². The minimum Gasteiger partial charge on any atom is -0.508 e. The Morgan fingerprint density at radius 2 is 2.05 bits per heavy atom. The molecule has 0 saturated carbocycles. The van der Waals surface area contributed by atoms with Crippen LogP contribution in [-0.4, -0.2) is 22.8 Å². The van der Waals surface area contributed by atoms with E-state index in [9.17, 15) is 9.90 Å². The van der Waals surface area contributed by atoms with Crippen LogP contribution in [0.1, 0.15) is 12.0 Å². The predicted octanol–water partition coefficient (Wildman–Crippen LogP) is 3.05. The van der Waals surface area contributed by atoms with Gasteiger partial charge in [0, 0.05) is 12.5 Å². The zero-order valence-electron chi connectivity index (χ0n) is 11.6. The number of aliphatic hydroxyl groups is 1. The van der Waals surface area contributed by atoms with E-state index in [-0.39, 0.29) is 23.4 Å². The molecule has 0 aliphatic heterocycles. The lowest BCUT2D eigenvalue weighted by atomic mass is 10.00. The molecular formula is C17H18O4. The van der Waals surface area contributed by atoms with Crippen molar-refractivity contribution in [1.29, 1.82) is 0 Å². The number of hydrogen-bond acceptors (Lipinski definition) is 4. The lowest BCUT2D eigenvalue weighted by Crippen LogP contribution is -2.05. The number of rotatable bonds is 5. The second-order valence-electron chi connectivity index (χ2n) is 4.83. The zero-order valence-corrected chi connectivity index (χ0v) is 11.6. The Morgan fingerprint density at radius 1 is 1.29 bits per heavy atom. The molecule has 1 aliphatic rings. The standard InChI is InChI=1S/C17H18O4/c18-15-6-1-13(2-7-15)5-10-17(20)21-12-11-14-3-8-16(19)9-4-14/h1,3-10,13,18-19H,2,11-12H2. The van der Waals surface area contributed by atoms with Crippen molar-refractivity contribution in [2.24, 2.45) is 5.92 Å². The Hall–Kier alpha value is -2.49. The van der Waals surface area contributed by atoms with Gasteiger partial charge in [0.1, 0.15) is 11.5 Å². The average molecular weight is 286 g/mol. The van der Waals surface area contributed by atoms with Crippen LogP contribution in [-0.2, 0) is 16.0 Å². The molecule has 0 bridgehead atoms. The molecule has 1 aromatic carbocycles. The van der Waals surface area contributed by atoms with Gasteiger partial charge >= 0.3 is 5.97 Å². The molecule has 110 valence electrons. The highest BCUT2D eigenvalue weighted by atomic mass is 16.5. The van der Waals surface area contributed by atoms with Gasteiger partial charge in [-0.2, -0.15) is 0 Å². The SMILES string of the molecule is O=C(C=CC1C=CC(O)=CC1)OCCc1ccc(O)cc1. The van der Waals surface area contributed by atoms with Crippen LogP contribution in [0.3, 0.4) is 0 Å². The van der Waals surface area contributed by atoms with Crippen molar-refractivity contribution in [2.75, 3.05) is 6.61 Å². The molecular weight excluding hydrogens is 268 g/mol. The minimum atomic E-state index is -0.374. The largest absolute Gasteiger partial charge is 0.508 e. The number of carbonyl (C=O) groups excluding carboxylic acids is 1. The summed E-state index contributed by atoms with van der Waals surface area (Å²) >= 11 is 0. The lowest BCUT2D eigenvalue weighted by molar-refractivity contribution is -0.137. The first kappa shape index (κ1) is 14.9. The average Bonchev–Trinajstić information content (AvgIpc) is 2.49. The van der Waals surface area contributed by atoms with Crippen molar-refractivity contribution >= 4 is 5.97 Å². The molecule has 0 saturated heterocycles. The molecule has 0 fully saturated rings. The summed E-state index contributed by atoms with van der Waals surface area (Å²) in [6.07, 6.45) is 9.65. The smallest absolute Gasteiger partial charge is 0.330 e. The summed E-state index contributed by atoms with van der Waals surface area (Å²) in [5.41, 5.74) is 1.00. The maximum atomic E-state index is 11.6. The fourth-order valence-electron chi connectivity index (χ4n) is 1.95. The highest BCUT2D eigenvalue weighted by molar-refractivity contribution is 5.82.